The number of carbonyl (C=O) groups is 1. The molecule has 1 rings (SSSR count). The maximum Gasteiger partial charge on any atom is 0.135 e. The predicted molar refractivity (Wildman–Crippen MR) is 60.0 cm³/mol. The van der Waals surface area contributed by atoms with Crippen molar-refractivity contribution in [3.05, 3.63) is 0 Å². The molecule has 1 aliphatic rings. The average molecular weight is 186 g/mol. The van der Waals surface area contributed by atoms with Gasteiger partial charge in [-0.2, -0.15) is 0 Å². The van der Waals surface area contributed by atoms with Crippen LogP contribution in [0.5, 0.6) is 0 Å². The van der Waals surface area contributed by atoms with Crippen LogP contribution in [0.3, 0.4) is 0 Å². The Hall–Kier alpha value is -0.330. The number of hydrogen-bond acceptors (Lipinski definition) is 1. The molecular weight excluding hydrogens is 160 g/mol. The van der Waals surface area contributed by atoms with Gasteiger partial charge in [0.2, 0.25) is 0 Å². The van der Waals surface area contributed by atoms with Gasteiger partial charge >= 0.3 is 0 Å². The van der Waals surface area contributed by atoms with Gasteiger partial charge in [-0.25, -0.2) is 0 Å². The van der Waals surface area contributed by atoms with Gasteiger partial charge in [0.05, 0.1) is 0 Å². The molecule has 0 saturated heterocycles. The van der Waals surface area contributed by atoms with Crippen molar-refractivity contribution in [2.45, 2.75) is 67.2 Å². The Bertz CT molecular complexity index is 121. The zero-order valence-corrected chi connectivity index (χ0v) is 10.2. The lowest BCUT2D eigenvalue weighted by Crippen LogP contribution is -2.20. The first-order valence-electron chi connectivity index (χ1n) is 5.66. The smallest absolute Gasteiger partial charge is 0.135 e. The summed E-state index contributed by atoms with van der Waals surface area (Å²) in [4.78, 5) is 11.0. The Morgan fingerprint density at radius 2 is 1.31 bits per heavy atom. The van der Waals surface area contributed by atoms with E-state index in [4.69, 9.17) is 0 Å². The third-order valence-electron chi connectivity index (χ3n) is 2.56. The number of carbonyl (C=O) groups excluding carboxylic acids is 1. The van der Waals surface area contributed by atoms with Gasteiger partial charge in [0.15, 0.2) is 0 Å². The van der Waals surface area contributed by atoms with E-state index in [1.807, 2.05) is 27.7 Å². The van der Waals surface area contributed by atoms with Crippen LogP contribution in [-0.4, -0.2) is 5.78 Å². The zero-order valence-electron chi connectivity index (χ0n) is 10.2. The predicted octanol–water partition coefficient (Wildman–Crippen LogP) is 4.21. The molecule has 1 fully saturated rings. The molecule has 0 aliphatic heterocycles. The number of rotatable bonds is 1. The van der Waals surface area contributed by atoms with Crippen LogP contribution in [0.25, 0.3) is 0 Å². The summed E-state index contributed by atoms with van der Waals surface area (Å²) in [6.45, 7) is 11.8. The lowest BCUT2D eigenvalue weighted by molar-refractivity contribution is -0.125. The van der Waals surface area contributed by atoms with Gasteiger partial charge in [0, 0.05) is 5.41 Å². The van der Waals surface area contributed by atoms with Crippen LogP contribution in [0.2, 0.25) is 0 Å². The largest absolute Gasteiger partial charge is 0.299 e. The SMILES string of the molecule is CC.CC.CC(=O)C1(C)CCCC1. The van der Waals surface area contributed by atoms with Crippen LogP contribution >= 0.6 is 0 Å². The van der Waals surface area contributed by atoms with E-state index in [1.54, 1.807) is 6.92 Å². The summed E-state index contributed by atoms with van der Waals surface area (Å²) < 4.78 is 0. The summed E-state index contributed by atoms with van der Waals surface area (Å²) in [5, 5.41) is 0. The van der Waals surface area contributed by atoms with Crippen molar-refractivity contribution in [3.8, 4) is 0 Å². The summed E-state index contributed by atoms with van der Waals surface area (Å²) in [6.07, 6.45) is 4.72. The highest BCUT2D eigenvalue weighted by atomic mass is 16.1. The van der Waals surface area contributed by atoms with Gasteiger partial charge < -0.3 is 0 Å². The third kappa shape index (κ3) is 5.07. The Labute approximate surface area is 83.9 Å². The highest BCUT2D eigenvalue weighted by Gasteiger charge is 2.32. The molecular formula is C12H26O. The molecule has 0 spiro atoms. The van der Waals surface area contributed by atoms with E-state index in [2.05, 4.69) is 6.92 Å². The second-order valence-electron chi connectivity index (χ2n) is 3.32. The van der Waals surface area contributed by atoms with Gasteiger partial charge in [-0.3, -0.25) is 4.79 Å². The maximum atomic E-state index is 11.0. The van der Waals surface area contributed by atoms with E-state index in [9.17, 15) is 4.79 Å². The average Bonchev–Trinajstić information content (AvgIpc) is 2.61. The lowest BCUT2D eigenvalue weighted by Gasteiger charge is -2.18. The van der Waals surface area contributed by atoms with Gasteiger partial charge in [-0.05, 0) is 19.8 Å². The number of hydrogen-bond donors (Lipinski definition) is 0. The summed E-state index contributed by atoms with van der Waals surface area (Å²) in [6, 6.07) is 0. The van der Waals surface area contributed by atoms with Crippen LogP contribution in [0.4, 0.5) is 0 Å². The molecule has 1 heteroatoms. The highest BCUT2D eigenvalue weighted by molar-refractivity contribution is 5.82. The Morgan fingerprint density at radius 3 is 1.46 bits per heavy atom. The molecule has 0 heterocycles. The minimum atomic E-state index is 0.0556. The molecule has 1 nitrogen and oxygen atoms in total. The van der Waals surface area contributed by atoms with Crippen molar-refractivity contribution in [3.63, 3.8) is 0 Å². The van der Waals surface area contributed by atoms with Crippen molar-refractivity contribution in [2.24, 2.45) is 5.41 Å². The van der Waals surface area contributed by atoms with E-state index in [1.165, 1.54) is 12.8 Å². The molecule has 0 bridgehead atoms. The van der Waals surface area contributed by atoms with Crippen molar-refractivity contribution in [1.82, 2.24) is 0 Å². The number of ketones is 1. The molecule has 80 valence electrons. The molecule has 0 aromatic carbocycles. The molecule has 1 aliphatic carbocycles. The van der Waals surface area contributed by atoms with Gasteiger partial charge in [-0.15, -0.1) is 0 Å². The first-order valence-corrected chi connectivity index (χ1v) is 5.66. The van der Waals surface area contributed by atoms with Crippen LogP contribution < -0.4 is 0 Å². The summed E-state index contributed by atoms with van der Waals surface area (Å²) in [7, 11) is 0. The molecule has 13 heavy (non-hydrogen) atoms. The zero-order chi connectivity index (χ0) is 10.9. The minimum absolute atomic E-state index is 0.0556. The van der Waals surface area contributed by atoms with Crippen LogP contribution in [0, 0.1) is 5.41 Å². The second-order valence-corrected chi connectivity index (χ2v) is 3.32. The van der Waals surface area contributed by atoms with Crippen molar-refractivity contribution < 1.29 is 4.79 Å². The van der Waals surface area contributed by atoms with Gasteiger partial charge in [-0.1, -0.05) is 47.5 Å². The molecule has 0 aromatic rings. The van der Waals surface area contributed by atoms with E-state index in [0.29, 0.717) is 5.78 Å². The maximum absolute atomic E-state index is 11.0. The fourth-order valence-corrected chi connectivity index (χ4v) is 1.51. The molecule has 0 N–H and O–H groups in total. The quantitative estimate of drug-likeness (QED) is 0.599. The van der Waals surface area contributed by atoms with Gasteiger partial charge in [0.1, 0.15) is 5.78 Å². The third-order valence-corrected chi connectivity index (χ3v) is 2.56. The first kappa shape index (κ1) is 15.2. The highest BCUT2D eigenvalue weighted by Crippen LogP contribution is 2.37. The molecule has 0 atom stereocenters. The monoisotopic (exact) mass is 186 g/mol. The standard InChI is InChI=1S/C8H14O.2C2H6/c1-7(9)8(2)5-3-4-6-8;2*1-2/h3-6H2,1-2H3;2*1-2H3. The summed E-state index contributed by atoms with van der Waals surface area (Å²) >= 11 is 0. The second kappa shape index (κ2) is 8.28. The van der Waals surface area contributed by atoms with Crippen LogP contribution in [0.15, 0.2) is 0 Å². The Morgan fingerprint density at radius 1 is 1.00 bits per heavy atom. The topological polar surface area (TPSA) is 17.1 Å². The fraction of sp³-hybridized carbons (Fsp3) is 0.917. The molecule has 0 unspecified atom stereocenters. The molecule has 0 aromatic heterocycles. The normalized spacial score (nSPS) is 17.7. The van der Waals surface area contributed by atoms with Crippen molar-refractivity contribution in [2.75, 3.05) is 0 Å². The lowest BCUT2D eigenvalue weighted by atomic mass is 9.85. The van der Waals surface area contributed by atoms with Crippen molar-refractivity contribution in [1.29, 1.82) is 0 Å². The summed E-state index contributed by atoms with van der Waals surface area (Å²) in [5.41, 5.74) is 0.0556. The summed E-state index contributed by atoms with van der Waals surface area (Å²) in [5.74, 6) is 0.375. The molecule has 0 radical (unpaired) electrons. The van der Waals surface area contributed by atoms with E-state index in [0.717, 1.165) is 12.8 Å². The van der Waals surface area contributed by atoms with E-state index >= 15 is 0 Å². The molecule has 1 saturated carbocycles. The number of Topliss-reactive ketones (excluding diaryl/α,β-unsaturated/α-hetero) is 1. The van der Waals surface area contributed by atoms with E-state index < -0.39 is 0 Å². The first-order chi connectivity index (χ1) is 6.15. The molecule has 0 amide bonds. The van der Waals surface area contributed by atoms with Crippen LogP contribution in [0.1, 0.15) is 67.2 Å². The minimum Gasteiger partial charge on any atom is -0.299 e. The fourth-order valence-electron chi connectivity index (χ4n) is 1.51. The van der Waals surface area contributed by atoms with Crippen LogP contribution in [-0.2, 0) is 4.79 Å². The van der Waals surface area contributed by atoms with Gasteiger partial charge in [0.25, 0.3) is 0 Å². The Kier molecular flexibility index (Phi) is 9.65. The van der Waals surface area contributed by atoms with E-state index in [-0.39, 0.29) is 5.41 Å². The van der Waals surface area contributed by atoms with Crippen molar-refractivity contribution >= 4 is 5.78 Å². The Balaban J connectivity index is 0.